The second kappa shape index (κ2) is 9.59. The van der Waals surface area contributed by atoms with Gasteiger partial charge in [0.15, 0.2) is 6.29 Å². The number of hydrogen-bond acceptors (Lipinski definition) is 7. The normalized spacial score (nSPS) is 31.2. The highest BCUT2D eigenvalue weighted by atomic mass is 35.6. The van der Waals surface area contributed by atoms with Gasteiger partial charge in [-0.1, -0.05) is 47.8 Å². The van der Waals surface area contributed by atoms with Crippen molar-refractivity contribution in [3.63, 3.8) is 0 Å². The molecule has 3 heterocycles. The van der Waals surface area contributed by atoms with Gasteiger partial charge >= 0.3 is 6.09 Å². The van der Waals surface area contributed by atoms with Crippen LogP contribution in [-0.4, -0.2) is 65.3 Å². The molecule has 1 saturated carbocycles. The Morgan fingerprint density at radius 1 is 1.40 bits per heavy atom. The van der Waals surface area contributed by atoms with Crippen molar-refractivity contribution in [3.05, 3.63) is 23.8 Å². The van der Waals surface area contributed by atoms with Crippen molar-refractivity contribution in [2.24, 2.45) is 11.8 Å². The SMILES string of the molecule is CC[C@@](O)(C=O)[C@@H]1C[C@H]2OC[C@@H]1[C@@H](NC(=O)OCC(Cl)(Cl)Cl)C[C@@]21C(=O)Nc2cc(OC)ccc21. The molecule has 2 saturated heterocycles. The van der Waals surface area contributed by atoms with E-state index in [1.54, 1.807) is 25.1 Å². The topological polar surface area (TPSA) is 123 Å². The van der Waals surface area contributed by atoms with Crippen LogP contribution in [-0.2, 0) is 24.5 Å². The molecule has 2 amide bonds. The van der Waals surface area contributed by atoms with E-state index in [-0.39, 0.29) is 31.8 Å². The Kier molecular flexibility index (Phi) is 7.20. The maximum absolute atomic E-state index is 13.6. The number of aliphatic hydroxyl groups is 1. The lowest BCUT2D eigenvalue weighted by atomic mass is 9.70. The number of amides is 2. The number of alkyl carbamates (subject to hydrolysis) is 1. The van der Waals surface area contributed by atoms with Gasteiger partial charge in [0.2, 0.25) is 9.70 Å². The average Bonchev–Trinajstić information content (AvgIpc) is 2.93. The van der Waals surface area contributed by atoms with Crippen LogP contribution < -0.4 is 15.4 Å². The van der Waals surface area contributed by atoms with E-state index in [1.807, 2.05) is 0 Å². The van der Waals surface area contributed by atoms with E-state index < -0.39 is 51.5 Å². The molecular weight excluding hydrogens is 523 g/mol. The fourth-order valence-electron chi connectivity index (χ4n) is 5.71. The molecule has 1 aliphatic carbocycles. The minimum absolute atomic E-state index is 0.126. The van der Waals surface area contributed by atoms with Gasteiger partial charge in [-0.05, 0) is 30.9 Å². The zero-order valence-electron chi connectivity index (χ0n) is 19.2. The van der Waals surface area contributed by atoms with Crippen LogP contribution in [0.1, 0.15) is 31.7 Å². The summed E-state index contributed by atoms with van der Waals surface area (Å²) >= 11 is 17.1. The molecule has 0 unspecified atom stereocenters. The van der Waals surface area contributed by atoms with Crippen LogP contribution in [0.15, 0.2) is 18.2 Å². The highest BCUT2D eigenvalue weighted by Gasteiger charge is 2.62. The molecule has 9 nitrogen and oxygen atoms in total. The van der Waals surface area contributed by atoms with Crippen LogP contribution in [0, 0.1) is 11.8 Å². The van der Waals surface area contributed by atoms with Crippen LogP contribution in [0.2, 0.25) is 0 Å². The Morgan fingerprint density at radius 3 is 2.77 bits per heavy atom. The summed E-state index contributed by atoms with van der Waals surface area (Å²) in [5, 5.41) is 16.9. The zero-order chi connectivity index (χ0) is 25.6. The first-order valence-electron chi connectivity index (χ1n) is 11.3. The number of benzene rings is 1. The number of alkyl halides is 3. The van der Waals surface area contributed by atoms with Gasteiger partial charge in [-0.3, -0.25) is 4.79 Å². The summed E-state index contributed by atoms with van der Waals surface area (Å²) in [7, 11) is 1.53. The van der Waals surface area contributed by atoms with Crippen molar-refractivity contribution in [3.8, 4) is 5.75 Å². The summed E-state index contributed by atoms with van der Waals surface area (Å²) in [6, 6.07) is 4.59. The number of ether oxygens (including phenoxy) is 3. The number of halogens is 3. The average molecular weight is 550 g/mol. The Labute approximate surface area is 217 Å². The maximum Gasteiger partial charge on any atom is 0.407 e. The van der Waals surface area contributed by atoms with E-state index >= 15 is 0 Å². The fraction of sp³-hybridized carbons (Fsp3) is 0.609. The van der Waals surface area contributed by atoms with Gasteiger partial charge in [-0.15, -0.1) is 0 Å². The lowest BCUT2D eigenvalue weighted by Gasteiger charge is -2.43. The number of nitrogens with one attached hydrogen (secondary N) is 2. The standard InChI is InChI=1S/C23H27Cl3N2O7/c1-3-21(32,10-29)15-7-18-22(14-5-4-12(33-2)6-16(14)27-19(22)30)8-17(13(15)9-34-18)28-20(31)35-11-23(24,25)26/h4-6,10,13,15,17-18,32H,3,7-9,11H2,1-2H3,(H,27,30)(H,28,31)/t13-,15+,17-,18+,21+,22-/m0/s1. The maximum atomic E-state index is 13.6. The summed E-state index contributed by atoms with van der Waals surface area (Å²) < 4.78 is 14.8. The molecule has 0 radical (unpaired) electrons. The number of hydrogen-bond donors (Lipinski definition) is 3. The van der Waals surface area contributed by atoms with Crippen molar-refractivity contribution in [2.45, 2.75) is 53.1 Å². The number of methoxy groups -OCH3 is 1. The molecule has 3 aliphatic heterocycles. The molecule has 3 N–H and O–H groups in total. The van der Waals surface area contributed by atoms with E-state index in [2.05, 4.69) is 10.6 Å². The molecule has 35 heavy (non-hydrogen) atoms. The molecule has 6 atom stereocenters. The fourth-order valence-corrected chi connectivity index (χ4v) is 5.88. The van der Waals surface area contributed by atoms with Crippen LogP contribution in [0.25, 0.3) is 0 Å². The first kappa shape index (κ1) is 26.3. The molecule has 3 fully saturated rings. The molecular formula is C23H27Cl3N2O7. The minimum Gasteiger partial charge on any atom is -0.497 e. The van der Waals surface area contributed by atoms with Crippen molar-refractivity contribution in [2.75, 3.05) is 25.6 Å². The molecule has 5 rings (SSSR count). The first-order valence-corrected chi connectivity index (χ1v) is 12.4. The third-order valence-electron chi connectivity index (χ3n) is 7.53. The second-order valence-corrected chi connectivity index (χ2v) is 11.8. The Bertz CT molecular complexity index is 1020. The lowest BCUT2D eigenvalue weighted by molar-refractivity contribution is -0.152. The summed E-state index contributed by atoms with van der Waals surface area (Å²) in [4.78, 5) is 38.2. The van der Waals surface area contributed by atoms with Crippen molar-refractivity contribution < 1.29 is 33.7 Å². The highest BCUT2D eigenvalue weighted by molar-refractivity contribution is 6.67. The van der Waals surface area contributed by atoms with Gasteiger partial charge in [-0.25, -0.2) is 4.79 Å². The molecule has 2 bridgehead atoms. The summed E-state index contributed by atoms with van der Waals surface area (Å²) in [5.41, 5.74) is -1.55. The van der Waals surface area contributed by atoms with Gasteiger partial charge in [0.05, 0.1) is 19.8 Å². The molecule has 192 valence electrons. The number of anilines is 1. The smallest absolute Gasteiger partial charge is 0.407 e. The minimum atomic E-state index is -1.80. The van der Waals surface area contributed by atoms with Crippen molar-refractivity contribution >= 4 is 58.8 Å². The van der Waals surface area contributed by atoms with E-state index in [0.29, 0.717) is 23.3 Å². The third kappa shape index (κ3) is 4.69. The predicted octanol–water partition coefficient (Wildman–Crippen LogP) is 3.12. The van der Waals surface area contributed by atoms with Gasteiger partial charge in [0, 0.05) is 29.6 Å². The molecule has 0 aromatic heterocycles. The molecule has 4 aliphatic rings. The van der Waals surface area contributed by atoms with E-state index in [1.165, 1.54) is 7.11 Å². The summed E-state index contributed by atoms with van der Waals surface area (Å²) in [5.74, 6) is -0.767. The lowest BCUT2D eigenvalue weighted by Crippen LogP contribution is -2.54. The van der Waals surface area contributed by atoms with E-state index in [9.17, 15) is 19.5 Å². The number of aldehydes is 1. The van der Waals surface area contributed by atoms with E-state index in [4.69, 9.17) is 49.0 Å². The van der Waals surface area contributed by atoms with Crippen LogP contribution in [0.3, 0.4) is 0 Å². The van der Waals surface area contributed by atoms with Gasteiger partial charge < -0.3 is 34.7 Å². The van der Waals surface area contributed by atoms with Crippen molar-refractivity contribution in [1.29, 1.82) is 0 Å². The Morgan fingerprint density at radius 2 is 2.14 bits per heavy atom. The predicted molar refractivity (Wildman–Crippen MR) is 129 cm³/mol. The zero-order valence-corrected chi connectivity index (χ0v) is 21.5. The van der Waals surface area contributed by atoms with Crippen molar-refractivity contribution in [1.82, 2.24) is 5.32 Å². The number of carbonyl (C=O) groups excluding carboxylic acids is 3. The Balaban J connectivity index is 1.75. The van der Waals surface area contributed by atoms with Gasteiger partial charge in [0.1, 0.15) is 23.4 Å². The second-order valence-electron chi connectivity index (χ2n) is 9.27. The molecule has 12 heteroatoms. The molecule has 1 aromatic carbocycles. The number of carbonyl (C=O) groups is 3. The highest BCUT2D eigenvalue weighted by Crippen LogP contribution is 2.54. The third-order valence-corrected chi connectivity index (χ3v) is 7.85. The number of fused-ring (bicyclic) bond motifs is 4. The monoisotopic (exact) mass is 548 g/mol. The van der Waals surface area contributed by atoms with Crippen LogP contribution >= 0.6 is 34.8 Å². The molecule has 1 spiro atoms. The summed E-state index contributed by atoms with van der Waals surface area (Å²) in [6.07, 6.45) is -0.376. The molecule has 1 aromatic rings. The van der Waals surface area contributed by atoms with Crippen LogP contribution in [0.5, 0.6) is 5.75 Å². The van der Waals surface area contributed by atoms with Gasteiger partial charge in [0.25, 0.3) is 0 Å². The van der Waals surface area contributed by atoms with Crippen LogP contribution in [0.4, 0.5) is 10.5 Å². The first-order chi connectivity index (χ1) is 16.5. The quantitative estimate of drug-likeness (QED) is 0.368. The Hall–Kier alpha value is -1.78. The summed E-state index contributed by atoms with van der Waals surface area (Å²) in [6.45, 7) is 1.36. The van der Waals surface area contributed by atoms with Gasteiger partial charge in [-0.2, -0.15) is 0 Å². The van der Waals surface area contributed by atoms with E-state index in [0.717, 1.165) is 0 Å². The number of rotatable bonds is 6. The largest absolute Gasteiger partial charge is 0.497 e.